The number of carboxylic acid groups (broad SMARTS) is 1. The van der Waals surface area contributed by atoms with E-state index in [1.807, 2.05) is 12.1 Å². The van der Waals surface area contributed by atoms with Crippen molar-refractivity contribution in [3.63, 3.8) is 0 Å². The summed E-state index contributed by atoms with van der Waals surface area (Å²) in [5.74, 6) is -0.912. The standard InChI is InChI=1S/C12H10N2O2S/c15-11(16)10-5-13-12(17-10)14-6-8-3-1-2-4-9(8)7-14/h1-5H,6-7H2,(H,15,16). The van der Waals surface area contributed by atoms with Gasteiger partial charge in [0.25, 0.3) is 0 Å². The molecule has 0 fully saturated rings. The number of rotatable bonds is 2. The van der Waals surface area contributed by atoms with Crippen molar-refractivity contribution in [2.24, 2.45) is 0 Å². The Morgan fingerprint density at radius 1 is 1.29 bits per heavy atom. The number of thiazole rings is 1. The monoisotopic (exact) mass is 246 g/mol. The fourth-order valence-electron chi connectivity index (χ4n) is 1.98. The lowest BCUT2D eigenvalue weighted by Gasteiger charge is -2.12. The third kappa shape index (κ3) is 1.78. The van der Waals surface area contributed by atoms with E-state index in [1.54, 1.807) is 0 Å². The van der Waals surface area contributed by atoms with Gasteiger partial charge in [0.2, 0.25) is 0 Å². The van der Waals surface area contributed by atoms with Gasteiger partial charge in [-0.2, -0.15) is 0 Å². The van der Waals surface area contributed by atoms with Crippen LogP contribution in [-0.2, 0) is 13.1 Å². The second-order valence-electron chi connectivity index (χ2n) is 3.94. The predicted octanol–water partition coefficient (Wildman–Crippen LogP) is 2.36. The zero-order valence-corrected chi connectivity index (χ0v) is 9.78. The lowest BCUT2D eigenvalue weighted by molar-refractivity contribution is 0.0702. The van der Waals surface area contributed by atoms with Crippen LogP contribution in [0.5, 0.6) is 0 Å². The van der Waals surface area contributed by atoms with E-state index < -0.39 is 5.97 Å². The molecule has 17 heavy (non-hydrogen) atoms. The molecule has 86 valence electrons. The molecule has 0 atom stereocenters. The smallest absolute Gasteiger partial charge is 0.347 e. The third-order valence-corrected chi connectivity index (χ3v) is 3.86. The Labute approximate surface area is 102 Å². The number of carbonyl (C=O) groups is 1. The maximum absolute atomic E-state index is 10.8. The topological polar surface area (TPSA) is 53.4 Å². The van der Waals surface area contributed by atoms with Crippen LogP contribution >= 0.6 is 11.3 Å². The summed E-state index contributed by atoms with van der Waals surface area (Å²) in [6.45, 7) is 1.62. The van der Waals surface area contributed by atoms with Crippen LogP contribution in [0.4, 0.5) is 5.13 Å². The minimum Gasteiger partial charge on any atom is -0.477 e. The lowest BCUT2D eigenvalue weighted by Crippen LogP contribution is -2.13. The second-order valence-corrected chi connectivity index (χ2v) is 4.95. The molecule has 2 heterocycles. The van der Waals surface area contributed by atoms with Gasteiger partial charge in [0.1, 0.15) is 4.88 Å². The molecule has 0 saturated heterocycles. The summed E-state index contributed by atoms with van der Waals surface area (Å²) >= 11 is 1.22. The summed E-state index contributed by atoms with van der Waals surface area (Å²) in [4.78, 5) is 17.4. The van der Waals surface area contributed by atoms with Crippen LogP contribution in [-0.4, -0.2) is 16.1 Å². The molecule has 1 aromatic carbocycles. The van der Waals surface area contributed by atoms with E-state index in [2.05, 4.69) is 22.0 Å². The van der Waals surface area contributed by atoms with Gasteiger partial charge in [0.15, 0.2) is 5.13 Å². The summed E-state index contributed by atoms with van der Waals surface area (Å²) in [6, 6.07) is 8.24. The van der Waals surface area contributed by atoms with Crippen molar-refractivity contribution in [3.8, 4) is 0 Å². The fourth-order valence-corrected chi connectivity index (χ4v) is 2.73. The molecular weight excluding hydrogens is 236 g/mol. The van der Waals surface area contributed by atoms with E-state index in [4.69, 9.17) is 5.11 Å². The maximum Gasteiger partial charge on any atom is 0.347 e. The van der Waals surface area contributed by atoms with Crippen LogP contribution in [0, 0.1) is 0 Å². The van der Waals surface area contributed by atoms with Crippen LogP contribution in [0.1, 0.15) is 20.8 Å². The average Bonchev–Trinajstić information content (AvgIpc) is 2.95. The molecule has 0 unspecified atom stereocenters. The van der Waals surface area contributed by atoms with Crippen LogP contribution in [0.2, 0.25) is 0 Å². The summed E-state index contributed by atoms with van der Waals surface area (Å²) in [5, 5.41) is 9.64. The zero-order chi connectivity index (χ0) is 11.8. The first-order valence-electron chi connectivity index (χ1n) is 5.25. The van der Waals surface area contributed by atoms with Gasteiger partial charge in [-0.1, -0.05) is 35.6 Å². The minimum atomic E-state index is -0.912. The molecule has 0 bridgehead atoms. The summed E-state index contributed by atoms with van der Waals surface area (Å²) in [7, 11) is 0. The Morgan fingerprint density at radius 2 is 1.94 bits per heavy atom. The molecule has 4 nitrogen and oxygen atoms in total. The number of hydrogen-bond acceptors (Lipinski definition) is 4. The van der Waals surface area contributed by atoms with Crippen LogP contribution in [0.15, 0.2) is 30.5 Å². The van der Waals surface area contributed by atoms with Crippen molar-refractivity contribution in [2.75, 3.05) is 4.90 Å². The maximum atomic E-state index is 10.8. The summed E-state index contributed by atoms with van der Waals surface area (Å²) in [6.07, 6.45) is 1.42. The third-order valence-electron chi connectivity index (χ3n) is 2.82. The van der Waals surface area contributed by atoms with Crippen molar-refractivity contribution in [2.45, 2.75) is 13.1 Å². The molecule has 0 aliphatic carbocycles. The highest BCUT2D eigenvalue weighted by Gasteiger charge is 2.21. The van der Waals surface area contributed by atoms with Gasteiger partial charge in [0.05, 0.1) is 6.20 Å². The van der Waals surface area contributed by atoms with Gasteiger partial charge in [-0.25, -0.2) is 9.78 Å². The number of anilines is 1. The molecule has 3 rings (SSSR count). The van der Waals surface area contributed by atoms with Gasteiger partial charge >= 0.3 is 5.97 Å². The molecule has 1 N–H and O–H groups in total. The van der Waals surface area contributed by atoms with Crippen molar-refractivity contribution in [3.05, 3.63) is 46.5 Å². The second kappa shape index (κ2) is 3.85. The number of fused-ring (bicyclic) bond motifs is 1. The molecule has 0 radical (unpaired) electrons. The molecule has 1 aromatic heterocycles. The number of hydrogen-bond donors (Lipinski definition) is 1. The van der Waals surface area contributed by atoms with E-state index in [9.17, 15) is 4.79 Å². The van der Waals surface area contributed by atoms with Gasteiger partial charge < -0.3 is 10.0 Å². The van der Waals surface area contributed by atoms with E-state index in [1.165, 1.54) is 28.7 Å². The molecule has 2 aromatic rings. The van der Waals surface area contributed by atoms with Crippen molar-refractivity contribution >= 4 is 22.4 Å². The molecule has 0 saturated carbocycles. The zero-order valence-electron chi connectivity index (χ0n) is 8.96. The van der Waals surface area contributed by atoms with Crippen molar-refractivity contribution in [1.82, 2.24) is 4.98 Å². The highest BCUT2D eigenvalue weighted by Crippen LogP contribution is 2.30. The Kier molecular flexibility index (Phi) is 2.33. The van der Waals surface area contributed by atoms with E-state index in [-0.39, 0.29) is 4.88 Å². The lowest BCUT2D eigenvalue weighted by atomic mass is 10.1. The van der Waals surface area contributed by atoms with Crippen molar-refractivity contribution < 1.29 is 9.90 Å². The predicted molar refractivity (Wildman–Crippen MR) is 65.4 cm³/mol. The van der Waals surface area contributed by atoms with Gasteiger partial charge in [-0.05, 0) is 11.1 Å². The first kappa shape index (κ1) is 10.3. The molecule has 1 aliphatic rings. The van der Waals surface area contributed by atoms with E-state index in [0.717, 1.165) is 18.2 Å². The first-order valence-corrected chi connectivity index (χ1v) is 6.06. The van der Waals surface area contributed by atoms with Crippen LogP contribution in [0.3, 0.4) is 0 Å². The highest BCUT2D eigenvalue weighted by atomic mass is 32.1. The number of nitrogens with zero attached hydrogens (tertiary/aromatic N) is 2. The molecule has 5 heteroatoms. The van der Waals surface area contributed by atoms with Gasteiger partial charge in [-0.3, -0.25) is 0 Å². The van der Waals surface area contributed by atoms with Gasteiger partial charge in [-0.15, -0.1) is 0 Å². The van der Waals surface area contributed by atoms with Crippen LogP contribution in [0.25, 0.3) is 0 Å². The SMILES string of the molecule is O=C(O)c1cnc(N2Cc3ccccc3C2)s1. The van der Waals surface area contributed by atoms with E-state index >= 15 is 0 Å². The number of aromatic carboxylic acids is 1. The number of benzene rings is 1. The fraction of sp³-hybridized carbons (Fsp3) is 0.167. The first-order chi connectivity index (χ1) is 8.24. The van der Waals surface area contributed by atoms with Crippen molar-refractivity contribution in [1.29, 1.82) is 0 Å². The van der Waals surface area contributed by atoms with Gasteiger partial charge in [0, 0.05) is 13.1 Å². The number of carboxylic acids is 1. The summed E-state index contributed by atoms with van der Waals surface area (Å²) in [5.41, 5.74) is 2.58. The Balaban J connectivity index is 1.86. The normalized spacial score (nSPS) is 13.8. The molecule has 1 aliphatic heterocycles. The summed E-state index contributed by atoms with van der Waals surface area (Å²) < 4.78 is 0. The largest absolute Gasteiger partial charge is 0.477 e. The highest BCUT2D eigenvalue weighted by molar-refractivity contribution is 7.17. The molecule has 0 spiro atoms. The minimum absolute atomic E-state index is 0.288. The number of aromatic nitrogens is 1. The van der Waals surface area contributed by atoms with E-state index in [0.29, 0.717) is 0 Å². The Bertz CT molecular complexity index is 554. The Hall–Kier alpha value is -1.88. The Morgan fingerprint density at radius 3 is 2.47 bits per heavy atom. The average molecular weight is 246 g/mol. The molecular formula is C12H10N2O2S. The molecule has 0 amide bonds. The van der Waals surface area contributed by atoms with Crippen LogP contribution < -0.4 is 4.90 Å². The quantitative estimate of drug-likeness (QED) is 0.883.